The molecule has 3 aromatic rings. The van der Waals surface area contributed by atoms with Crippen LogP contribution in [0.5, 0.6) is 0 Å². The Hall–Kier alpha value is -2.17. The normalized spacial score (nSPS) is 19.3. The van der Waals surface area contributed by atoms with Crippen molar-refractivity contribution >= 4 is 10.8 Å². The zero-order chi connectivity index (χ0) is 15.6. The van der Waals surface area contributed by atoms with Crippen molar-refractivity contribution in [1.82, 2.24) is 19.8 Å². The summed E-state index contributed by atoms with van der Waals surface area (Å²) in [6.45, 7) is 4.00. The summed E-state index contributed by atoms with van der Waals surface area (Å²) in [5, 5.41) is 6.12. The molecule has 4 heteroatoms. The molecule has 1 saturated heterocycles. The molecule has 1 unspecified atom stereocenters. The van der Waals surface area contributed by atoms with Gasteiger partial charge in [0.1, 0.15) is 5.82 Å². The fourth-order valence-corrected chi connectivity index (χ4v) is 3.46. The van der Waals surface area contributed by atoms with Crippen molar-refractivity contribution in [3.8, 4) is 0 Å². The molecule has 0 aliphatic carbocycles. The van der Waals surface area contributed by atoms with Crippen molar-refractivity contribution in [3.05, 3.63) is 66.2 Å². The van der Waals surface area contributed by atoms with E-state index in [1.807, 2.05) is 12.4 Å². The number of hydrogen-bond acceptors (Lipinski definition) is 3. The zero-order valence-corrected chi connectivity index (χ0v) is 13.4. The fraction of sp³-hybridized carbons (Fsp3) is 0.316. The highest BCUT2D eigenvalue weighted by atomic mass is 15.3. The van der Waals surface area contributed by atoms with Crippen molar-refractivity contribution in [1.29, 1.82) is 0 Å². The predicted octanol–water partition coefficient (Wildman–Crippen LogP) is 2.72. The van der Waals surface area contributed by atoms with Crippen LogP contribution in [0.2, 0.25) is 0 Å². The summed E-state index contributed by atoms with van der Waals surface area (Å²) in [6, 6.07) is 15.7. The van der Waals surface area contributed by atoms with E-state index in [1.54, 1.807) is 0 Å². The van der Waals surface area contributed by atoms with E-state index < -0.39 is 0 Å². The van der Waals surface area contributed by atoms with Crippen LogP contribution in [0, 0.1) is 0 Å². The first-order valence-corrected chi connectivity index (χ1v) is 8.21. The molecule has 1 fully saturated rings. The predicted molar refractivity (Wildman–Crippen MR) is 93.2 cm³/mol. The smallest absolute Gasteiger partial charge is 0.127 e. The molecule has 23 heavy (non-hydrogen) atoms. The topological polar surface area (TPSA) is 33.1 Å². The molecule has 1 aliphatic rings. The first-order chi connectivity index (χ1) is 11.3. The first-order valence-electron chi connectivity index (χ1n) is 8.21. The number of imidazole rings is 1. The summed E-state index contributed by atoms with van der Waals surface area (Å²) >= 11 is 0. The molecular formula is C19H22N4. The maximum absolute atomic E-state index is 4.56. The lowest BCUT2D eigenvalue weighted by Crippen LogP contribution is -2.46. The molecule has 1 atom stereocenters. The minimum atomic E-state index is 0.329. The van der Waals surface area contributed by atoms with Crippen LogP contribution in [-0.2, 0) is 13.6 Å². The molecule has 0 radical (unpaired) electrons. The van der Waals surface area contributed by atoms with Crippen LogP contribution in [0.25, 0.3) is 10.8 Å². The van der Waals surface area contributed by atoms with E-state index >= 15 is 0 Å². The average Bonchev–Trinajstić information content (AvgIpc) is 3.01. The van der Waals surface area contributed by atoms with Gasteiger partial charge in [0.25, 0.3) is 0 Å². The van der Waals surface area contributed by atoms with Gasteiger partial charge >= 0.3 is 0 Å². The molecule has 0 amide bonds. The summed E-state index contributed by atoms with van der Waals surface area (Å²) in [5.74, 6) is 1.14. The number of nitrogens with one attached hydrogen (secondary N) is 1. The highest BCUT2D eigenvalue weighted by Gasteiger charge is 2.26. The van der Waals surface area contributed by atoms with E-state index in [4.69, 9.17) is 0 Å². The van der Waals surface area contributed by atoms with Crippen molar-refractivity contribution in [2.45, 2.75) is 12.6 Å². The maximum atomic E-state index is 4.56. The van der Waals surface area contributed by atoms with Gasteiger partial charge in [0.2, 0.25) is 0 Å². The summed E-state index contributed by atoms with van der Waals surface area (Å²) in [6.07, 6.45) is 3.91. The molecule has 4 rings (SSSR count). The number of nitrogens with zero attached hydrogens (tertiary/aromatic N) is 3. The number of piperazine rings is 1. The van der Waals surface area contributed by atoms with E-state index in [2.05, 4.69) is 69.3 Å². The summed E-state index contributed by atoms with van der Waals surface area (Å²) in [5.41, 5.74) is 1.37. The van der Waals surface area contributed by atoms with E-state index in [0.717, 1.165) is 32.0 Å². The summed E-state index contributed by atoms with van der Waals surface area (Å²) < 4.78 is 2.13. The quantitative estimate of drug-likeness (QED) is 0.808. The highest BCUT2D eigenvalue weighted by molar-refractivity contribution is 5.82. The standard InChI is InChI=1S/C19H22N4/c1-22-10-9-21-19(22)18-13-20-8-11-23(18)14-15-6-7-16-4-2-3-5-17(16)12-15/h2-7,9-10,12,18,20H,8,11,13-14H2,1H3. The summed E-state index contributed by atoms with van der Waals surface area (Å²) in [4.78, 5) is 7.09. The molecule has 1 N–H and O–H groups in total. The van der Waals surface area contributed by atoms with Crippen LogP contribution >= 0.6 is 0 Å². The van der Waals surface area contributed by atoms with Gasteiger partial charge in [0, 0.05) is 45.6 Å². The Morgan fingerprint density at radius 3 is 2.87 bits per heavy atom. The Morgan fingerprint density at radius 2 is 2.04 bits per heavy atom. The molecule has 1 aromatic heterocycles. The van der Waals surface area contributed by atoms with Crippen LogP contribution in [0.15, 0.2) is 54.9 Å². The Bertz CT molecular complexity index is 808. The number of fused-ring (bicyclic) bond motifs is 1. The van der Waals surface area contributed by atoms with Gasteiger partial charge in [-0.15, -0.1) is 0 Å². The van der Waals surface area contributed by atoms with Crippen molar-refractivity contribution in [2.24, 2.45) is 7.05 Å². The van der Waals surface area contributed by atoms with Gasteiger partial charge in [-0.25, -0.2) is 4.98 Å². The van der Waals surface area contributed by atoms with Crippen LogP contribution in [0.3, 0.4) is 0 Å². The molecule has 2 heterocycles. The second-order valence-electron chi connectivity index (χ2n) is 6.27. The first kappa shape index (κ1) is 14.4. The minimum absolute atomic E-state index is 0.329. The van der Waals surface area contributed by atoms with Gasteiger partial charge in [0.05, 0.1) is 6.04 Å². The number of hydrogen-bond donors (Lipinski definition) is 1. The SMILES string of the molecule is Cn1ccnc1C1CNCCN1Cc1ccc2ccccc2c1. The summed E-state index contributed by atoms with van der Waals surface area (Å²) in [7, 11) is 2.07. The van der Waals surface area contributed by atoms with E-state index in [9.17, 15) is 0 Å². The lowest BCUT2D eigenvalue weighted by Gasteiger charge is -2.35. The molecule has 118 valence electrons. The molecule has 0 bridgehead atoms. The third-order valence-corrected chi connectivity index (χ3v) is 4.71. The molecule has 0 spiro atoms. The molecule has 1 aliphatic heterocycles. The lowest BCUT2D eigenvalue weighted by molar-refractivity contribution is 0.145. The van der Waals surface area contributed by atoms with Crippen molar-refractivity contribution in [3.63, 3.8) is 0 Å². The Balaban J connectivity index is 1.61. The Kier molecular flexibility index (Phi) is 3.85. The van der Waals surface area contributed by atoms with Gasteiger partial charge in [-0.1, -0.05) is 36.4 Å². The highest BCUT2D eigenvalue weighted by Crippen LogP contribution is 2.24. The van der Waals surface area contributed by atoms with Crippen LogP contribution in [-0.4, -0.2) is 34.1 Å². The number of aryl methyl sites for hydroxylation is 1. The number of rotatable bonds is 3. The van der Waals surface area contributed by atoms with Crippen LogP contribution in [0.1, 0.15) is 17.4 Å². The maximum Gasteiger partial charge on any atom is 0.127 e. The third kappa shape index (κ3) is 2.87. The van der Waals surface area contributed by atoms with E-state index in [-0.39, 0.29) is 0 Å². The average molecular weight is 306 g/mol. The van der Waals surface area contributed by atoms with Crippen LogP contribution in [0.4, 0.5) is 0 Å². The minimum Gasteiger partial charge on any atom is -0.337 e. The molecular weight excluding hydrogens is 284 g/mol. The third-order valence-electron chi connectivity index (χ3n) is 4.71. The van der Waals surface area contributed by atoms with Crippen LogP contribution < -0.4 is 5.32 Å². The Labute approximate surface area is 136 Å². The van der Waals surface area contributed by atoms with Gasteiger partial charge < -0.3 is 9.88 Å². The fourth-order valence-electron chi connectivity index (χ4n) is 3.46. The van der Waals surface area contributed by atoms with E-state index in [0.29, 0.717) is 6.04 Å². The van der Waals surface area contributed by atoms with Gasteiger partial charge in [-0.3, -0.25) is 4.90 Å². The number of benzene rings is 2. The van der Waals surface area contributed by atoms with E-state index in [1.165, 1.54) is 16.3 Å². The Morgan fingerprint density at radius 1 is 1.17 bits per heavy atom. The second kappa shape index (κ2) is 6.14. The number of aromatic nitrogens is 2. The van der Waals surface area contributed by atoms with Crippen molar-refractivity contribution < 1.29 is 0 Å². The molecule has 4 nitrogen and oxygen atoms in total. The largest absolute Gasteiger partial charge is 0.337 e. The second-order valence-corrected chi connectivity index (χ2v) is 6.27. The monoisotopic (exact) mass is 306 g/mol. The van der Waals surface area contributed by atoms with Gasteiger partial charge in [-0.05, 0) is 22.4 Å². The molecule has 0 saturated carbocycles. The molecule has 2 aromatic carbocycles. The van der Waals surface area contributed by atoms with Crippen molar-refractivity contribution in [2.75, 3.05) is 19.6 Å². The zero-order valence-electron chi connectivity index (χ0n) is 13.4. The lowest BCUT2D eigenvalue weighted by atomic mass is 10.1. The van der Waals surface area contributed by atoms with Gasteiger partial charge in [0.15, 0.2) is 0 Å². The van der Waals surface area contributed by atoms with Gasteiger partial charge in [-0.2, -0.15) is 0 Å².